The SMILES string of the molecule is CCN(CC)CCCS(=O)(=O)N[C@H](CCc1ccccc1)c1n[nH]c(CC2CS(=O)(=O)c3ccccc3S2(=O)=O)n1. The molecule has 2 aromatic carbocycles. The summed E-state index contributed by atoms with van der Waals surface area (Å²) in [5.41, 5.74) is 1.02. The summed E-state index contributed by atoms with van der Waals surface area (Å²) in [7, 11) is -11.4. The standard InChI is InChI=1S/C27H37N5O6S3/c1-3-32(4-2)17-10-18-40(35,36)31-23(16-15-21-11-6-5-7-12-21)27-28-26(29-30-27)19-22-20-39(33,34)24-13-8-9-14-25(24)41(22,37)38/h5-9,11-14,22-23,31H,3-4,10,15-20H2,1-2H3,(H,28,29,30)/t22?,23-/m1/s1. The van der Waals surface area contributed by atoms with Gasteiger partial charge in [-0.2, -0.15) is 5.10 Å². The fourth-order valence-corrected chi connectivity index (χ4v) is 11.0. The summed E-state index contributed by atoms with van der Waals surface area (Å²) in [5.74, 6) is -0.271. The molecule has 0 radical (unpaired) electrons. The molecule has 0 bridgehead atoms. The molecule has 224 valence electrons. The van der Waals surface area contributed by atoms with Crippen LogP contribution in [0.15, 0.2) is 64.4 Å². The van der Waals surface area contributed by atoms with Crippen LogP contribution in [0.2, 0.25) is 0 Å². The average molecular weight is 624 g/mol. The molecule has 4 rings (SSSR count). The van der Waals surface area contributed by atoms with Crippen molar-refractivity contribution in [2.45, 2.75) is 60.6 Å². The topological polar surface area (TPSA) is 159 Å². The Morgan fingerprint density at radius 1 is 1.00 bits per heavy atom. The predicted octanol–water partition coefficient (Wildman–Crippen LogP) is 2.30. The molecule has 1 aliphatic heterocycles. The molecule has 0 fully saturated rings. The zero-order valence-electron chi connectivity index (χ0n) is 23.2. The largest absolute Gasteiger partial charge is 0.304 e. The van der Waals surface area contributed by atoms with Crippen molar-refractivity contribution in [2.24, 2.45) is 0 Å². The van der Waals surface area contributed by atoms with Gasteiger partial charge in [-0.25, -0.2) is 35.0 Å². The van der Waals surface area contributed by atoms with Crippen LogP contribution in [-0.2, 0) is 42.5 Å². The normalized spacial score (nSPS) is 18.7. The van der Waals surface area contributed by atoms with Crippen LogP contribution >= 0.6 is 0 Å². The van der Waals surface area contributed by atoms with Gasteiger partial charge in [0.25, 0.3) is 0 Å². The quantitative estimate of drug-likeness (QED) is 0.275. The molecule has 0 saturated carbocycles. The highest BCUT2D eigenvalue weighted by molar-refractivity contribution is 7.98. The number of H-pyrrole nitrogens is 1. The van der Waals surface area contributed by atoms with Crippen molar-refractivity contribution in [3.8, 4) is 0 Å². The van der Waals surface area contributed by atoms with Gasteiger partial charge < -0.3 is 4.90 Å². The Labute approximate surface area is 242 Å². The van der Waals surface area contributed by atoms with Crippen molar-refractivity contribution < 1.29 is 25.3 Å². The number of aromatic amines is 1. The number of hydrogen-bond acceptors (Lipinski definition) is 9. The molecule has 0 amide bonds. The van der Waals surface area contributed by atoms with E-state index in [9.17, 15) is 25.3 Å². The summed E-state index contributed by atoms with van der Waals surface area (Å²) >= 11 is 0. The molecule has 1 aromatic heterocycles. The highest BCUT2D eigenvalue weighted by atomic mass is 32.2. The molecule has 14 heteroatoms. The Balaban J connectivity index is 1.53. The number of aryl methyl sites for hydroxylation is 1. The fraction of sp³-hybridized carbons (Fsp3) is 0.481. The Hall–Kier alpha value is -2.65. The van der Waals surface area contributed by atoms with Crippen LogP contribution < -0.4 is 4.72 Å². The van der Waals surface area contributed by atoms with E-state index in [0.29, 0.717) is 25.8 Å². The first-order chi connectivity index (χ1) is 19.4. The summed E-state index contributed by atoms with van der Waals surface area (Å²) in [4.78, 5) is 6.20. The number of fused-ring (bicyclic) bond motifs is 1. The Morgan fingerprint density at radius 3 is 2.34 bits per heavy atom. The van der Waals surface area contributed by atoms with E-state index in [0.717, 1.165) is 18.7 Å². The van der Waals surface area contributed by atoms with Gasteiger partial charge in [0.1, 0.15) is 5.82 Å². The molecule has 3 aromatic rings. The van der Waals surface area contributed by atoms with Crippen LogP contribution in [0.4, 0.5) is 0 Å². The summed E-state index contributed by atoms with van der Waals surface area (Å²) in [6.45, 7) is 6.41. The lowest BCUT2D eigenvalue weighted by Crippen LogP contribution is -2.37. The lowest BCUT2D eigenvalue weighted by atomic mass is 10.1. The van der Waals surface area contributed by atoms with Gasteiger partial charge >= 0.3 is 0 Å². The van der Waals surface area contributed by atoms with E-state index >= 15 is 0 Å². The molecule has 41 heavy (non-hydrogen) atoms. The molecule has 1 aliphatic rings. The number of nitrogens with one attached hydrogen (secondary N) is 2. The third-order valence-corrected chi connectivity index (χ3v) is 13.1. The van der Waals surface area contributed by atoms with Crippen LogP contribution in [0.25, 0.3) is 0 Å². The maximum Gasteiger partial charge on any atom is 0.212 e. The molecule has 2 N–H and O–H groups in total. The van der Waals surface area contributed by atoms with Crippen LogP contribution in [-0.4, -0.2) is 81.7 Å². The van der Waals surface area contributed by atoms with Crippen LogP contribution in [0.5, 0.6) is 0 Å². The van der Waals surface area contributed by atoms with Crippen molar-refractivity contribution >= 4 is 29.7 Å². The number of nitrogens with zero attached hydrogens (tertiary/aromatic N) is 3. The summed E-state index contributed by atoms with van der Waals surface area (Å²) in [5, 5.41) is 5.70. The van der Waals surface area contributed by atoms with Gasteiger partial charge in [-0.1, -0.05) is 56.3 Å². The van der Waals surface area contributed by atoms with E-state index in [1.54, 1.807) is 0 Å². The maximum atomic E-state index is 13.3. The first kappa shape index (κ1) is 31.3. The molecule has 0 aliphatic carbocycles. The van der Waals surface area contributed by atoms with Gasteiger partial charge in [0.15, 0.2) is 25.5 Å². The van der Waals surface area contributed by atoms with E-state index in [-0.39, 0.29) is 33.6 Å². The number of sulfonamides is 1. The minimum atomic E-state index is -3.94. The fourth-order valence-electron chi connectivity index (χ4n) is 4.98. The van der Waals surface area contributed by atoms with Gasteiger partial charge in [0, 0.05) is 6.42 Å². The number of rotatable bonds is 14. The van der Waals surface area contributed by atoms with Crippen molar-refractivity contribution in [3.05, 3.63) is 71.8 Å². The molecule has 11 nitrogen and oxygen atoms in total. The molecular weight excluding hydrogens is 587 g/mol. The van der Waals surface area contributed by atoms with Gasteiger partial charge in [-0.3, -0.25) is 5.10 Å². The first-order valence-electron chi connectivity index (χ1n) is 13.7. The van der Waals surface area contributed by atoms with Gasteiger partial charge in [-0.05, 0) is 56.6 Å². The lowest BCUT2D eigenvalue weighted by molar-refractivity contribution is 0.304. The zero-order valence-corrected chi connectivity index (χ0v) is 25.7. The van der Waals surface area contributed by atoms with E-state index in [2.05, 4.69) is 24.8 Å². The maximum absolute atomic E-state index is 13.3. The number of benzene rings is 2. The van der Waals surface area contributed by atoms with Crippen LogP contribution in [0.3, 0.4) is 0 Å². The van der Waals surface area contributed by atoms with Gasteiger partial charge in [0.2, 0.25) is 10.0 Å². The third-order valence-electron chi connectivity index (χ3n) is 7.28. The van der Waals surface area contributed by atoms with E-state index in [4.69, 9.17) is 0 Å². The van der Waals surface area contributed by atoms with E-state index in [1.165, 1.54) is 24.3 Å². The zero-order chi connectivity index (χ0) is 29.7. The Morgan fingerprint density at radius 2 is 1.66 bits per heavy atom. The van der Waals surface area contributed by atoms with Crippen molar-refractivity contribution in [1.29, 1.82) is 0 Å². The second-order valence-corrected chi connectivity index (χ2v) is 16.2. The number of aromatic nitrogens is 3. The summed E-state index contributed by atoms with van der Waals surface area (Å²) in [6.07, 6.45) is 1.20. The smallest absolute Gasteiger partial charge is 0.212 e. The van der Waals surface area contributed by atoms with Gasteiger partial charge in [-0.15, -0.1) is 0 Å². The second kappa shape index (κ2) is 13.1. The lowest BCUT2D eigenvalue weighted by Gasteiger charge is -2.24. The minimum absolute atomic E-state index is 0.0554. The number of hydrogen-bond donors (Lipinski definition) is 2. The molecule has 2 atom stereocenters. The minimum Gasteiger partial charge on any atom is -0.304 e. The molecule has 0 saturated heterocycles. The highest BCUT2D eigenvalue weighted by Gasteiger charge is 2.42. The first-order valence-corrected chi connectivity index (χ1v) is 18.5. The van der Waals surface area contributed by atoms with Gasteiger partial charge in [0.05, 0.1) is 32.6 Å². The van der Waals surface area contributed by atoms with Crippen molar-refractivity contribution in [1.82, 2.24) is 24.8 Å². The summed E-state index contributed by atoms with van der Waals surface area (Å²) in [6, 6.07) is 14.4. The average Bonchev–Trinajstić information content (AvgIpc) is 3.41. The van der Waals surface area contributed by atoms with Crippen LogP contribution in [0, 0.1) is 0 Å². The molecule has 2 heterocycles. The Kier molecular flexibility index (Phi) is 10.0. The monoisotopic (exact) mass is 623 g/mol. The van der Waals surface area contributed by atoms with E-state index in [1.807, 2.05) is 44.2 Å². The highest BCUT2D eigenvalue weighted by Crippen LogP contribution is 2.33. The van der Waals surface area contributed by atoms with Crippen molar-refractivity contribution in [2.75, 3.05) is 31.1 Å². The second-order valence-electron chi connectivity index (χ2n) is 10.1. The predicted molar refractivity (Wildman–Crippen MR) is 156 cm³/mol. The van der Waals surface area contributed by atoms with Crippen molar-refractivity contribution in [3.63, 3.8) is 0 Å². The Bertz CT molecular complexity index is 1640. The van der Waals surface area contributed by atoms with E-state index < -0.39 is 46.7 Å². The summed E-state index contributed by atoms with van der Waals surface area (Å²) < 4.78 is 81.0. The molecular formula is C27H37N5O6S3. The molecule has 0 spiro atoms. The third kappa shape index (κ3) is 7.80. The molecule has 1 unspecified atom stereocenters. The number of sulfone groups is 2. The van der Waals surface area contributed by atoms with Crippen LogP contribution in [0.1, 0.15) is 49.9 Å².